The molecule has 0 radical (unpaired) electrons. The Morgan fingerprint density at radius 3 is 2.83 bits per heavy atom. The summed E-state index contributed by atoms with van der Waals surface area (Å²) in [6.07, 6.45) is 2.43. The van der Waals surface area contributed by atoms with E-state index in [1.54, 1.807) is 0 Å². The summed E-state index contributed by atoms with van der Waals surface area (Å²) in [6, 6.07) is 1.74. The number of nitrogens with zero attached hydrogens (tertiary/aromatic N) is 2. The van der Waals surface area contributed by atoms with Crippen LogP contribution < -0.4 is 4.90 Å². The molecule has 0 amide bonds. The van der Waals surface area contributed by atoms with Gasteiger partial charge in [-0.1, -0.05) is 13.8 Å². The molecule has 3 nitrogen and oxygen atoms in total. The highest BCUT2D eigenvalue weighted by Crippen LogP contribution is 2.32. The minimum absolute atomic E-state index is 0.175. The number of rotatable bonds is 2. The predicted octanol–water partition coefficient (Wildman–Crippen LogP) is 2.58. The van der Waals surface area contributed by atoms with Gasteiger partial charge in [0.15, 0.2) is 0 Å². The van der Waals surface area contributed by atoms with E-state index >= 15 is 0 Å². The highest BCUT2D eigenvalue weighted by atomic mass is 19.1. The standard InChI is InChI=1S/C14H21FN2O/c1-9-4-10(2)11(3)17(7-9)14-12(8-18)5-13(15)6-16-14/h5-6,9-11,18H,4,7-8H2,1-3H3. The van der Waals surface area contributed by atoms with Crippen LogP contribution in [0.3, 0.4) is 0 Å². The molecule has 0 aromatic carbocycles. The first kappa shape index (κ1) is 13.3. The molecule has 1 N–H and O–H groups in total. The second kappa shape index (κ2) is 5.22. The van der Waals surface area contributed by atoms with Gasteiger partial charge in [0.25, 0.3) is 0 Å². The highest BCUT2D eigenvalue weighted by Gasteiger charge is 2.30. The molecular formula is C14H21FN2O. The van der Waals surface area contributed by atoms with Crippen LogP contribution in [0, 0.1) is 17.7 Å². The fourth-order valence-corrected chi connectivity index (χ4v) is 2.84. The molecule has 0 aliphatic carbocycles. The number of piperidine rings is 1. The van der Waals surface area contributed by atoms with Gasteiger partial charge >= 0.3 is 0 Å². The van der Waals surface area contributed by atoms with Gasteiger partial charge in [-0.25, -0.2) is 9.37 Å². The number of halogens is 1. The third kappa shape index (κ3) is 2.48. The molecule has 1 saturated heterocycles. The number of aliphatic hydroxyl groups is 1. The molecule has 1 aromatic heterocycles. The van der Waals surface area contributed by atoms with Crippen molar-refractivity contribution < 1.29 is 9.50 Å². The fourth-order valence-electron chi connectivity index (χ4n) is 2.84. The summed E-state index contributed by atoms with van der Waals surface area (Å²) in [4.78, 5) is 6.38. The average molecular weight is 252 g/mol. The van der Waals surface area contributed by atoms with Gasteiger partial charge in [0, 0.05) is 18.2 Å². The van der Waals surface area contributed by atoms with Gasteiger partial charge < -0.3 is 10.0 Å². The van der Waals surface area contributed by atoms with Crippen molar-refractivity contribution >= 4 is 5.82 Å². The predicted molar refractivity (Wildman–Crippen MR) is 69.9 cm³/mol. The topological polar surface area (TPSA) is 36.4 Å². The molecule has 3 unspecified atom stereocenters. The maximum Gasteiger partial charge on any atom is 0.142 e. The summed E-state index contributed by atoms with van der Waals surface area (Å²) in [6.45, 7) is 7.36. The minimum Gasteiger partial charge on any atom is -0.392 e. The van der Waals surface area contributed by atoms with E-state index in [0.717, 1.165) is 12.4 Å². The molecule has 4 heteroatoms. The van der Waals surface area contributed by atoms with Crippen LogP contribution in [0.4, 0.5) is 10.2 Å². The summed E-state index contributed by atoms with van der Waals surface area (Å²) in [5.74, 6) is 1.50. The van der Waals surface area contributed by atoms with E-state index in [1.165, 1.54) is 18.7 Å². The number of hydrogen-bond donors (Lipinski definition) is 1. The van der Waals surface area contributed by atoms with E-state index < -0.39 is 5.82 Å². The van der Waals surface area contributed by atoms with Gasteiger partial charge in [-0.3, -0.25) is 0 Å². The van der Waals surface area contributed by atoms with Crippen molar-refractivity contribution in [1.82, 2.24) is 4.98 Å². The first-order valence-electron chi connectivity index (χ1n) is 6.54. The summed E-state index contributed by atoms with van der Waals surface area (Å²) < 4.78 is 13.2. The monoisotopic (exact) mass is 252 g/mol. The zero-order valence-corrected chi connectivity index (χ0v) is 11.2. The van der Waals surface area contributed by atoms with Gasteiger partial charge in [0.2, 0.25) is 0 Å². The lowest BCUT2D eigenvalue weighted by atomic mass is 9.86. The molecule has 1 aliphatic heterocycles. The molecule has 2 heterocycles. The molecule has 1 fully saturated rings. The quantitative estimate of drug-likeness (QED) is 0.879. The molecule has 1 aromatic rings. The van der Waals surface area contributed by atoms with Crippen molar-refractivity contribution in [1.29, 1.82) is 0 Å². The maximum absolute atomic E-state index is 13.2. The number of aromatic nitrogens is 1. The number of anilines is 1. The Hall–Kier alpha value is -1.16. The van der Waals surface area contributed by atoms with Crippen LogP contribution in [0.15, 0.2) is 12.3 Å². The average Bonchev–Trinajstić information content (AvgIpc) is 2.34. The normalized spacial score (nSPS) is 28.5. The molecule has 18 heavy (non-hydrogen) atoms. The van der Waals surface area contributed by atoms with Crippen LogP contribution in [0.1, 0.15) is 32.8 Å². The van der Waals surface area contributed by atoms with Gasteiger partial charge in [-0.15, -0.1) is 0 Å². The summed E-state index contributed by atoms with van der Waals surface area (Å²) in [5.41, 5.74) is 0.572. The first-order valence-corrected chi connectivity index (χ1v) is 6.54. The Morgan fingerprint density at radius 1 is 1.44 bits per heavy atom. The van der Waals surface area contributed by atoms with E-state index in [2.05, 4.69) is 30.7 Å². The van der Waals surface area contributed by atoms with Crippen LogP contribution in [-0.4, -0.2) is 22.7 Å². The van der Waals surface area contributed by atoms with Gasteiger partial charge in [0.05, 0.1) is 12.8 Å². The third-order valence-electron chi connectivity index (χ3n) is 3.95. The lowest BCUT2D eigenvalue weighted by molar-refractivity contribution is 0.274. The number of hydrogen-bond acceptors (Lipinski definition) is 3. The highest BCUT2D eigenvalue weighted by molar-refractivity contribution is 5.48. The second-order valence-electron chi connectivity index (χ2n) is 5.51. The van der Waals surface area contributed by atoms with Crippen molar-refractivity contribution in [3.8, 4) is 0 Å². The molecule has 1 aliphatic rings. The molecule has 0 bridgehead atoms. The Kier molecular flexibility index (Phi) is 3.85. The van der Waals surface area contributed by atoms with Gasteiger partial charge in [-0.2, -0.15) is 0 Å². The van der Waals surface area contributed by atoms with Gasteiger partial charge in [-0.05, 0) is 31.2 Å². The van der Waals surface area contributed by atoms with Gasteiger partial charge in [0.1, 0.15) is 11.6 Å². The zero-order chi connectivity index (χ0) is 13.3. The van der Waals surface area contributed by atoms with Crippen molar-refractivity contribution in [2.45, 2.75) is 39.8 Å². The van der Waals surface area contributed by atoms with E-state index in [1.807, 2.05) is 0 Å². The summed E-state index contributed by atoms with van der Waals surface area (Å²) >= 11 is 0. The van der Waals surface area contributed by atoms with Crippen molar-refractivity contribution in [2.24, 2.45) is 11.8 Å². The van der Waals surface area contributed by atoms with E-state index in [4.69, 9.17) is 0 Å². The minimum atomic E-state index is -0.395. The van der Waals surface area contributed by atoms with Crippen LogP contribution in [0.2, 0.25) is 0 Å². The first-order chi connectivity index (χ1) is 8.52. The molecule has 0 saturated carbocycles. The lowest BCUT2D eigenvalue weighted by Crippen LogP contribution is -2.46. The summed E-state index contributed by atoms with van der Waals surface area (Å²) in [5, 5.41) is 9.36. The molecular weight excluding hydrogens is 231 g/mol. The smallest absolute Gasteiger partial charge is 0.142 e. The third-order valence-corrected chi connectivity index (χ3v) is 3.95. The Bertz CT molecular complexity index is 424. The summed E-state index contributed by atoms with van der Waals surface area (Å²) in [7, 11) is 0. The number of pyridine rings is 1. The Balaban J connectivity index is 2.34. The fraction of sp³-hybridized carbons (Fsp3) is 0.643. The zero-order valence-electron chi connectivity index (χ0n) is 11.2. The van der Waals surface area contributed by atoms with Crippen LogP contribution in [-0.2, 0) is 6.61 Å². The second-order valence-corrected chi connectivity index (χ2v) is 5.51. The lowest BCUT2D eigenvalue weighted by Gasteiger charge is -2.42. The van der Waals surface area contributed by atoms with E-state index in [-0.39, 0.29) is 6.61 Å². The molecule has 3 atom stereocenters. The van der Waals surface area contributed by atoms with Crippen LogP contribution in [0.25, 0.3) is 0 Å². The van der Waals surface area contributed by atoms with Crippen molar-refractivity contribution in [2.75, 3.05) is 11.4 Å². The van der Waals surface area contributed by atoms with E-state index in [9.17, 15) is 9.50 Å². The SMILES string of the molecule is CC1CC(C)C(C)N(c2ncc(F)cc2CO)C1. The van der Waals surface area contributed by atoms with Crippen molar-refractivity contribution in [3.63, 3.8) is 0 Å². The Labute approximate surface area is 108 Å². The molecule has 2 rings (SSSR count). The molecule has 0 spiro atoms. The molecule has 100 valence electrons. The van der Waals surface area contributed by atoms with E-state index in [0.29, 0.717) is 23.4 Å². The largest absolute Gasteiger partial charge is 0.392 e. The van der Waals surface area contributed by atoms with Crippen molar-refractivity contribution in [3.05, 3.63) is 23.6 Å². The van der Waals surface area contributed by atoms with Crippen LogP contribution >= 0.6 is 0 Å². The maximum atomic E-state index is 13.2. The number of aliphatic hydroxyl groups excluding tert-OH is 1. The Morgan fingerprint density at radius 2 is 2.17 bits per heavy atom. The van der Waals surface area contributed by atoms with Crippen LogP contribution in [0.5, 0.6) is 0 Å².